The van der Waals surface area contributed by atoms with E-state index in [4.69, 9.17) is 10.00 Å². The number of rotatable bonds is 5. The van der Waals surface area contributed by atoms with E-state index in [1.54, 1.807) is 7.11 Å². The highest BCUT2D eigenvalue weighted by Gasteiger charge is 2.03. The smallest absolute Gasteiger partial charge is 0.133 e. The number of methoxy groups -OCH3 is 1. The summed E-state index contributed by atoms with van der Waals surface area (Å²) in [5.74, 6) is 1.78. The van der Waals surface area contributed by atoms with Crippen molar-refractivity contribution < 1.29 is 4.74 Å². The van der Waals surface area contributed by atoms with Crippen LogP contribution in [-0.2, 0) is 6.42 Å². The number of benzene rings is 1. The van der Waals surface area contributed by atoms with Crippen LogP contribution < -0.4 is 4.74 Å². The summed E-state index contributed by atoms with van der Waals surface area (Å²) in [6.45, 7) is 0. The molecule has 0 spiro atoms. The molecule has 15 heavy (non-hydrogen) atoms. The van der Waals surface area contributed by atoms with Crippen LogP contribution >= 0.6 is 27.7 Å². The molecule has 0 atom stereocenters. The van der Waals surface area contributed by atoms with Crippen LogP contribution in [0.3, 0.4) is 0 Å². The Bertz CT molecular complexity index is 362. The molecule has 4 heteroatoms. The molecule has 80 valence electrons. The van der Waals surface area contributed by atoms with Crippen molar-refractivity contribution in [1.82, 2.24) is 0 Å². The molecule has 0 aromatic heterocycles. The van der Waals surface area contributed by atoms with E-state index >= 15 is 0 Å². The van der Waals surface area contributed by atoms with Crippen molar-refractivity contribution >= 4 is 27.7 Å². The molecule has 0 aliphatic heterocycles. The standard InChI is InChI=1S/C11H12BrNOS/c1-14-11-5-4-10(12)7-9(11)3-2-6-15-8-13/h4-5,7H,2-3,6H2,1H3. The van der Waals surface area contributed by atoms with Crippen LogP contribution in [0.1, 0.15) is 12.0 Å². The van der Waals surface area contributed by atoms with Gasteiger partial charge in [-0.15, -0.1) is 0 Å². The van der Waals surface area contributed by atoms with Crippen LogP contribution in [0.15, 0.2) is 22.7 Å². The van der Waals surface area contributed by atoms with Gasteiger partial charge in [-0.2, -0.15) is 5.26 Å². The van der Waals surface area contributed by atoms with Gasteiger partial charge >= 0.3 is 0 Å². The van der Waals surface area contributed by atoms with Gasteiger partial charge in [0.1, 0.15) is 11.2 Å². The van der Waals surface area contributed by atoms with Gasteiger partial charge in [0.05, 0.1) is 7.11 Å². The molecule has 0 fully saturated rings. The largest absolute Gasteiger partial charge is 0.496 e. The Morgan fingerprint density at radius 3 is 3.00 bits per heavy atom. The van der Waals surface area contributed by atoms with Gasteiger partial charge in [-0.1, -0.05) is 15.9 Å². The SMILES string of the molecule is COc1ccc(Br)cc1CCCSC#N. The van der Waals surface area contributed by atoms with Crippen molar-refractivity contribution in [2.45, 2.75) is 12.8 Å². The molecule has 0 amide bonds. The number of hydrogen-bond acceptors (Lipinski definition) is 3. The first-order valence-corrected chi connectivity index (χ1v) is 6.39. The fourth-order valence-electron chi connectivity index (χ4n) is 1.32. The van der Waals surface area contributed by atoms with E-state index in [-0.39, 0.29) is 0 Å². The maximum atomic E-state index is 8.39. The van der Waals surface area contributed by atoms with E-state index in [9.17, 15) is 0 Å². The Balaban J connectivity index is 2.58. The van der Waals surface area contributed by atoms with Crippen molar-refractivity contribution in [3.05, 3.63) is 28.2 Å². The second-order valence-electron chi connectivity index (χ2n) is 3.00. The van der Waals surface area contributed by atoms with Gasteiger partial charge in [-0.3, -0.25) is 0 Å². The van der Waals surface area contributed by atoms with Crippen molar-refractivity contribution in [3.8, 4) is 11.2 Å². The Kier molecular flexibility index (Phi) is 5.59. The monoisotopic (exact) mass is 285 g/mol. The van der Waals surface area contributed by atoms with Crippen LogP contribution in [0.4, 0.5) is 0 Å². The van der Waals surface area contributed by atoms with Crippen molar-refractivity contribution in [1.29, 1.82) is 5.26 Å². The third-order valence-corrected chi connectivity index (χ3v) is 3.11. The van der Waals surface area contributed by atoms with Gasteiger partial charge in [0.25, 0.3) is 0 Å². The average molecular weight is 286 g/mol. The second-order valence-corrected chi connectivity index (χ2v) is 4.79. The molecular formula is C11H12BrNOS. The molecule has 2 nitrogen and oxygen atoms in total. The summed E-state index contributed by atoms with van der Waals surface area (Å²) < 4.78 is 6.33. The molecule has 0 saturated heterocycles. The maximum Gasteiger partial charge on any atom is 0.133 e. The summed E-state index contributed by atoms with van der Waals surface area (Å²) >= 11 is 4.73. The normalized spacial score (nSPS) is 9.67. The molecule has 0 saturated carbocycles. The number of thiocyanates is 1. The summed E-state index contributed by atoms with van der Waals surface area (Å²) in [5.41, 5.74) is 1.19. The first-order chi connectivity index (χ1) is 7.27. The highest BCUT2D eigenvalue weighted by molar-refractivity contribution is 9.10. The zero-order valence-corrected chi connectivity index (χ0v) is 10.9. The molecule has 0 aliphatic rings. The Morgan fingerprint density at radius 2 is 2.33 bits per heavy atom. The molecule has 0 aliphatic carbocycles. The third-order valence-electron chi connectivity index (χ3n) is 2.00. The Labute approximate surface area is 103 Å². The van der Waals surface area contributed by atoms with Crippen molar-refractivity contribution in [2.75, 3.05) is 12.9 Å². The highest BCUT2D eigenvalue weighted by atomic mass is 79.9. The predicted molar refractivity (Wildman–Crippen MR) is 67.1 cm³/mol. The van der Waals surface area contributed by atoms with Crippen LogP contribution in [0, 0.1) is 10.7 Å². The highest BCUT2D eigenvalue weighted by Crippen LogP contribution is 2.24. The van der Waals surface area contributed by atoms with Crippen molar-refractivity contribution in [2.24, 2.45) is 0 Å². The number of halogens is 1. The van der Waals surface area contributed by atoms with E-state index < -0.39 is 0 Å². The lowest BCUT2D eigenvalue weighted by atomic mass is 10.1. The van der Waals surface area contributed by atoms with Crippen LogP contribution in [0.5, 0.6) is 5.75 Å². The number of thioether (sulfide) groups is 1. The number of hydrogen-bond donors (Lipinski definition) is 0. The zero-order valence-electron chi connectivity index (χ0n) is 8.50. The topological polar surface area (TPSA) is 33.0 Å². The van der Waals surface area contributed by atoms with Crippen LogP contribution in [0.25, 0.3) is 0 Å². The molecule has 0 unspecified atom stereocenters. The molecule has 0 N–H and O–H groups in total. The van der Waals surface area contributed by atoms with Gasteiger partial charge in [-0.05, 0) is 48.4 Å². The summed E-state index contributed by atoms with van der Waals surface area (Å²) in [7, 11) is 1.68. The minimum atomic E-state index is 0.867. The first-order valence-electron chi connectivity index (χ1n) is 4.61. The number of nitrogens with zero attached hydrogens (tertiary/aromatic N) is 1. The van der Waals surface area contributed by atoms with E-state index in [2.05, 4.69) is 27.4 Å². The Hall–Kier alpha value is -0.660. The molecular weight excluding hydrogens is 274 g/mol. The third kappa shape index (κ3) is 4.15. The number of nitriles is 1. The molecule has 1 rings (SSSR count). The minimum Gasteiger partial charge on any atom is -0.496 e. The predicted octanol–water partition coefficient (Wildman–Crippen LogP) is 3.60. The second kappa shape index (κ2) is 6.76. The summed E-state index contributed by atoms with van der Waals surface area (Å²) in [4.78, 5) is 0. The summed E-state index contributed by atoms with van der Waals surface area (Å²) in [6.07, 6.45) is 1.93. The van der Waals surface area contributed by atoms with Crippen LogP contribution in [0.2, 0.25) is 0 Å². The van der Waals surface area contributed by atoms with Gasteiger partial charge in [-0.25, -0.2) is 0 Å². The van der Waals surface area contributed by atoms with Gasteiger partial charge in [0.15, 0.2) is 0 Å². The fraction of sp³-hybridized carbons (Fsp3) is 0.364. The van der Waals surface area contributed by atoms with E-state index in [1.165, 1.54) is 17.3 Å². The quantitative estimate of drug-likeness (QED) is 0.612. The number of ether oxygens (including phenoxy) is 1. The first kappa shape index (κ1) is 12.4. The molecule has 1 aromatic carbocycles. The van der Waals surface area contributed by atoms with Gasteiger partial charge in [0, 0.05) is 10.2 Å². The lowest BCUT2D eigenvalue weighted by Gasteiger charge is -2.08. The van der Waals surface area contributed by atoms with Gasteiger partial charge < -0.3 is 4.74 Å². The van der Waals surface area contributed by atoms with Crippen molar-refractivity contribution in [3.63, 3.8) is 0 Å². The lowest BCUT2D eigenvalue weighted by molar-refractivity contribution is 0.409. The molecule has 1 aromatic rings. The lowest BCUT2D eigenvalue weighted by Crippen LogP contribution is -1.93. The average Bonchev–Trinajstić information content (AvgIpc) is 2.25. The summed E-state index contributed by atoms with van der Waals surface area (Å²) in [5, 5.41) is 10.5. The van der Waals surface area contributed by atoms with E-state index in [1.807, 2.05) is 12.1 Å². The minimum absolute atomic E-state index is 0.867. The molecule has 0 radical (unpaired) electrons. The molecule has 0 bridgehead atoms. The maximum absolute atomic E-state index is 8.39. The van der Waals surface area contributed by atoms with E-state index in [0.717, 1.165) is 28.8 Å². The zero-order chi connectivity index (χ0) is 11.1. The van der Waals surface area contributed by atoms with Gasteiger partial charge in [0.2, 0.25) is 0 Å². The van der Waals surface area contributed by atoms with Crippen LogP contribution in [-0.4, -0.2) is 12.9 Å². The molecule has 0 heterocycles. The Morgan fingerprint density at radius 1 is 1.53 bits per heavy atom. The van der Waals surface area contributed by atoms with E-state index in [0.29, 0.717) is 0 Å². The fourth-order valence-corrected chi connectivity index (χ4v) is 2.11. The number of aryl methyl sites for hydroxylation is 1. The summed E-state index contributed by atoms with van der Waals surface area (Å²) in [6, 6.07) is 5.99.